The molecule has 0 bridgehead atoms. The zero-order chi connectivity index (χ0) is 10.7. The monoisotopic (exact) mass is 204 g/mol. The molecule has 2 nitrogen and oxygen atoms in total. The van der Waals surface area contributed by atoms with Crippen molar-refractivity contribution in [2.45, 2.75) is 26.3 Å². The van der Waals surface area contributed by atoms with Crippen LogP contribution in [-0.2, 0) is 13.0 Å². The van der Waals surface area contributed by atoms with E-state index in [9.17, 15) is 0 Å². The van der Waals surface area contributed by atoms with Crippen molar-refractivity contribution in [1.29, 1.82) is 0 Å². The Balaban J connectivity index is 2.30. The van der Waals surface area contributed by atoms with E-state index >= 15 is 0 Å². The molecule has 0 fully saturated rings. The summed E-state index contributed by atoms with van der Waals surface area (Å²) >= 11 is 0. The summed E-state index contributed by atoms with van der Waals surface area (Å²) in [5.74, 6) is 0. The summed E-state index contributed by atoms with van der Waals surface area (Å²) in [5.41, 5.74) is 4.46. The Morgan fingerprint density at radius 3 is 3.00 bits per heavy atom. The van der Waals surface area contributed by atoms with Gasteiger partial charge in [0.15, 0.2) is 0 Å². The average Bonchev–Trinajstić information content (AvgIpc) is 2.64. The highest BCUT2D eigenvalue weighted by Gasteiger charge is 2.20. The van der Waals surface area contributed by atoms with Gasteiger partial charge in [-0.1, -0.05) is 25.1 Å². The minimum absolute atomic E-state index is 0.976. The Labute approximate surface area is 92.3 Å². The fraction of sp³-hybridized carbons (Fsp3) is 0.538. The van der Waals surface area contributed by atoms with Gasteiger partial charge in [0.05, 0.1) is 0 Å². The summed E-state index contributed by atoms with van der Waals surface area (Å²) < 4.78 is 0. The number of fused-ring (bicyclic) bond motifs is 1. The second kappa shape index (κ2) is 4.67. The molecule has 2 heteroatoms. The second-order valence-electron chi connectivity index (χ2n) is 4.19. The number of nitrogens with zero attached hydrogens (tertiary/aromatic N) is 1. The van der Waals surface area contributed by atoms with Gasteiger partial charge >= 0.3 is 0 Å². The van der Waals surface area contributed by atoms with E-state index in [-0.39, 0.29) is 0 Å². The molecule has 0 radical (unpaired) electrons. The van der Waals surface area contributed by atoms with Crippen molar-refractivity contribution in [1.82, 2.24) is 5.32 Å². The summed E-state index contributed by atoms with van der Waals surface area (Å²) in [5, 5.41) is 3.25. The molecule has 2 rings (SSSR count). The fourth-order valence-corrected chi connectivity index (χ4v) is 2.45. The van der Waals surface area contributed by atoms with Gasteiger partial charge in [-0.05, 0) is 31.0 Å². The molecule has 15 heavy (non-hydrogen) atoms. The Bertz CT molecular complexity index is 331. The van der Waals surface area contributed by atoms with Crippen molar-refractivity contribution in [3.05, 3.63) is 29.3 Å². The molecular weight excluding hydrogens is 184 g/mol. The van der Waals surface area contributed by atoms with E-state index in [0.717, 1.165) is 6.54 Å². The Morgan fingerprint density at radius 1 is 1.40 bits per heavy atom. The molecule has 1 N–H and O–H groups in total. The predicted octanol–water partition coefficient (Wildman–Crippen LogP) is 2.18. The minimum Gasteiger partial charge on any atom is -0.371 e. The zero-order valence-corrected chi connectivity index (χ0v) is 9.71. The van der Waals surface area contributed by atoms with E-state index < -0.39 is 0 Å². The summed E-state index contributed by atoms with van der Waals surface area (Å²) in [6.45, 7) is 5.61. The van der Waals surface area contributed by atoms with Crippen molar-refractivity contribution in [2.24, 2.45) is 0 Å². The molecular formula is C13H20N2. The van der Waals surface area contributed by atoms with Crippen molar-refractivity contribution in [3.63, 3.8) is 0 Å². The highest BCUT2D eigenvalue weighted by atomic mass is 15.1. The maximum absolute atomic E-state index is 3.25. The number of rotatable bonds is 4. The summed E-state index contributed by atoms with van der Waals surface area (Å²) in [4.78, 5) is 2.53. The largest absolute Gasteiger partial charge is 0.371 e. The molecule has 0 aromatic heterocycles. The van der Waals surface area contributed by atoms with Gasteiger partial charge in [0, 0.05) is 25.3 Å². The smallest absolute Gasteiger partial charge is 0.0445 e. The molecule has 0 aliphatic carbocycles. The van der Waals surface area contributed by atoms with Crippen molar-refractivity contribution in [3.8, 4) is 0 Å². The standard InChI is InChI=1S/C13H20N2/c1-3-8-15-9-7-11-5-4-6-12(10-14-2)13(11)15/h4-6,14H,3,7-10H2,1-2H3. The molecule has 1 aromatic carbocycles. The van der Waals surface area contributed by atoms with Crippen LogP contribution >= 0.6 is 0 Å². The first-order valence-electron chi connectivity index (χ1n) is 5.87. The van der Waals surface area contributed by atoms with E-state index in [4.69, 9.17) is 0 Å². The number of hydrogen-bond acceptors (Lipinski definition) is 2. The van der Waals surface area contributed by atoms with Crippen LogP contribution in [0.5, 0.6) is 0 Å². The second-order valence-corrected chi connectivity index (χ2v) is 4.19. The number of benzene rings is 1. The minimum atomic E-state index is 0.976. The molecule has 82 valence electrons. The summed E-state index contributed by atoms with van der Waals surface area (Å²) in [6.07, 6.45) is 2.44. The van der Waals surface area contributed by atoms with Gasteiger partial charge in [0.2, 0.25) is 0 Å². The Morgan fingerprint density at radius 2 is 2.27 bits per heavy atom. The lowest BCUT2D eigenvalue weighted by atomic mass is 10.1. The van der Waals surface area contributed by atoms with Gasteiger partial charge in [-0.15, -0.1) is 0 Å². The molecule has 0 spiro atoms. The fourth-order valence-electron chi connectivity index (χ4n) is 2.45. The van der Waals surface area contributed by atoms with Gasteiger partial charge in [-0.2, -0.15) is 0 Å². The summed E-state index contributed by atoms with van der Waals surface area (Å²) in [7, 11) is 2.01. The molecule has 0 saturated carbocycles. The van der Waals surface area contributed by atoms with E-state index in [0.29, 0.717) is 0 Å². The van der Waals surface area contributed by atoms with Gasteiger partial charge < -0.3 is 10.2 Å². The van der Waals surface area contributed by atoms with Crippen LogP contribution in [0.25, 0.3) is 0 Å². The summed E-state index contributed by atoms with van der Waals surface area (Å²) in [6, 6.07) is 6.69. The van der Waals surface area contributed by atoms with Crippen LogP contribution in [0.1, 0.15) is 24.5 Å². The number of para-hydroxylation sites is 1. The zero-order valence-electron chi connectivity index (χ0n) is 9.71. The first-order valence-corrected chi connectivity index (χ1v) is 5.87. The molecule has 1 aliphatic heterocycles. The number of nitrogens with one attached hydrogen (secondary N) is 1. The highest BCUT2D eigenvalue weighted by Crippen LogP contribution is 2.31. The molecule has 1 heterocycles. The van der Waals surface area contributed by atoms with E-state index in [1.165, 1.54) is 42.7 Å². The molecule has 0 unspecified atom stereocenters. The number of anilines is 1. The van der Waals surface area contributed by atoms with Crippen LogP contribution in [0.15, 0.2) is 18.2 Å². The molecule has 1 aromatic rings. The van der Waals surface area contributed by atoms with Gasteiger partial charge in [-0.3, -0.25) is 0 Å². The van der Waals surface area contributed by atoms with Crippen LogP contribution in [-0.4, -0.2) is 20.1 Å². The first-order chi connectivity index (χ1) is 7.36. The lowest BCUT2D eigenvalue weighted by molar-refractivity contribution is 0.777. The number of hydrogen-bond donors (Lipinski definition) is 1. The maximum Gasteiger partial charge on any atom is 0.0445 e. The molecule has 0 saturated heterocycles. The highest BCUT2D eigenvalue weighted by molar-refractivity contribution is 5.63. The van der Waals surface area contributed by atoms with Crippen LogP contribution in [0.3, 0.4) is 0 Å². The third-order valence-corrected chi connectivity index (χ3v) is 3.03. The van der Waals surface area contributed by atoms with Gasteiger partial charge in [0.1, 0.15) is 0 Å². The van der Waals surface area contributed by atoms with E-state index in [1.54, 1.807) is 0 Å². The normalized spacial score (nSPS) is 14.4. The van der Waals surface area contributed by atoms with Gasteiger partial charge in [-0.25, -0.2) is 0 Å². The molecule has 0 atom stereocenters. The topological polar surface area (TPSA) is 15.3 Å². The van der Waals surface area contributed by atoms with E-state index in [2.05, 4.69) is 35.3 Å². The quantitative estimate of drug-likeness (QED) is 0.808. The van der Waals surface area contributed by atoms with Crippen LogP contribution in [0.4, 0.5) is 5.69 Å². The molecule has 0 amide bonds. The van der Waals surface area contributed by atoms with E-state index in [1.807, 2.05) is 7.05 Å². The van der Waals surface area contributed by atoms with Crippen molar-refractivity contribution in [2.75, 3.05) is 25.0 Å². The van der Waals surface area contributed by atoms with Gasteiger partial charge in [0.25, 0.3) is 0 Å². The molecule has 1 aliphatic rings. The maximum atomic E-state index is 3.25. The third-order valence-electron chi connectivity index (χ3n) is 3.03. The first kappa shape index (κ1) is 10.5. The van der Waals surface area contributed by atoms with Crippen molar-refractivity contribution < 1.29 is 0 Å². The lowest BCUT2D eigenvalue weighted by Crippen LogP contribution is -2.23. The lowest BCUT2D eigenvalue weighted by Gasteiger charge is -2.21. The van der Waals surface area contributed by atoms with Crippen LogP contribution in [0.2, 0.25) is 0 Å². The SMILES string of the molecule is CCCN1CCc2cccc(CNC)c21. The third kappa shape index (κ3) is 2.00. The predicted molar refractivity (Wildman–Crippen MR) is 65.4 cm³/mol. The van der Waals surface area contributed by atoms with Crippen molar-refractivity contribution >= 4 is 5.69 Å². The van der Waals surface area contributed by atoms with Crippen LogP contribution < -0.4 is 10.2 Å². The average molecular weight is 204 g/mol. The Hall–Kier alpha value is -1.02. The Kier molecular flexibility index (Phi) is 3.27. The van der Waals surface area contributed by atoms with Crippen LogP contribution in [0, 0.1) is 0 Å².